The van der Waals surface area contributed by atoms with Gasteiger partial charge in [-0.05, 0) is 37.4 Å². The molecule has 0 bridgehead atoms. The predicted octanol–water partition coefficient (Wildman–Crippen LogP) is 3.48. The molecule has 2 aromatic rings. The van der Waals surface area contributed by atoms with Crippen LogP contribution in [0.25, 0.3) is 0 Å². The highest BCUT2D eigenvalue weighted by Gasteiger charge is 2.30. The van der Waals surface area contributed by atoms with Crippen molar-refractivity contribution in [3.05, 3.63) is 47.9 Å². The molecule has 1 aromatic carbocycles. The molecule has 0 atom stereocenters. The third kappa shape index (κ3) is 5.03. The molecule has 0 saturated heterocycles. The number of nitrogens with one attached hydrogen (secondary N) is 1. The molecule has 7 heteroatoms. The van der Waals surface area contributed by atoms with Gasteiger partial charge in [-0.3, -0.25) is 0 Å². The summed E-state index contributed by atoms with van der Waals surface area (Å²) in [4.78, 5) is 0. The molecule has 0 amide bonds. The number of ether oxygens (including phenoxy) is 2. The number of hydrogen-bond donors (Lipinski definition) is 1. The highest BCUT2D eigenvalue weighted by Crippen LogP contribution is 2.25. The molecule has 0 radical (unpaired) electrons. The Hall–Kier alpha value is -2.15. The number of halogens is 3. The Bertz CT molecular complexity index is 564. The first-order valence-corrected chi connectivity index (χ1v) is 6.16. The third-order valence-corrected chi connectivity index (χ3v) is 2.53. The smallest absolute Gasteiger partial charge is 0.486 e. The predicted molar refractivity (Wildman–Crippen MR) is 68.9 cm³/mol. The summed E-state index contributed by atoms with van der Waals surface area (Å²) in [6.07, 6.45) is -3.07. The molecular weight excluding hydrogens is 287 g/mol. The zero-order valence-corrected chi connectivity index (χ0v) is 11.2. The average Bonchev–Trinajstić information content (AvgIpc) is 2.84. The Labute approximate surface area is 119 Å². The average molecular weight is 301 g/mol. The second-order valence-corrected chi connectivity index (χ2v) is 4.26. The van der Waals surface area contributed by atoms with Gasteiger partial charge in [-0.2, -0.15) is 0 Å². The van der Waals surface area contributed by atoms with Gasteiger partial charge in [0.15, 0.2) is 0 Å². The summed E-state index contributed by atoms with van der Waals surface area (Å²) in [5.41, 5.74) is 0.991. The van der Waals surface area contributed by atoms with E-state index in [1.54, 1.807) is 6.26 Å². The van der Waals surface area contributed by atoms with Crippen LogP contribution < -0.4 is 14.8 Å². The lowest BCUT2D eigenvalue weighted by Gasteiger charge is -2.09. The van der Waals surface area contributed by atoms with Gasteiger partial charge in [0.25, 0.3) is 0 Å². The third-order valence-electron chi connectivity index (χ3n) is 2.53. The summed E-state index contributed by atoms with van der Waals surface area (Å²) in [6.45, 7) is 0.885. The first-order chi connectivity index (χ1) is 9.96. The standard InChI is InChI=1S/C14H14F3NO3/c1-18-7-10-6-13(19-8-10)9-20-11-2-4-12(5-3-11)21-14(15,16)17/h2-6,8,18H,7,9H2,1H3. The number of alkyl halides is 3. The molecule has 0 unspecified atom stereocenters. The van der Waals surface area contributed by atoms with Gasteiger partial charge in [-0.15, -0.1) is 13.2 Å². The fourth-order valence-corrected chi connectivity index (χ4v) is 1.69. The van der Waals surface area contributed by atoms with Crippen LogP contribution >= 0.6 is 0 Å². The maximum Gasteiger partial charge on any atom is 0.573 e. The van der Waals surface area contributed by atoms with E-state index in [1.807, 2.05) is 13.1 Å². The summed E-state index contributed by atoms with van der Waals surface area (Å²) >= 11 is 0. The van der Waals surface area contributed by atoms with Gasteiger partial charge >= 0.3 is 6.36 Å². The van der Waals surface area contributed by atoms with Crippen LogP contribution in [0.5, 0.6) is 11.5 Å². The largest absolute Gasteiger partial charge is 0.573 e. The Kier molecular flexibility index (Phi) is 4.74. The lowest BCUT2D eigenvalue weighted by Crippen LogP contribution is -2.16. The molecule has 1 aromatic heterocycles. The normalized spacial score (nSPS) is 11.4. The van der Waals surface area contributed by atoms with E-state index in [4.69, 9.17) is 9.15 Å². The topological polar surface area (TPSA) is 43.6 Å². The van der Waals surface area contributed by atoms with Gasteiger partial charge in [0.1, 0.15) is 23.9 Å². The molecule has 0 aliphatic rings. The second-order valence-electron chi connectivity index (χ2n) is 4.26. The summed E-state index contributed by atoms with van der Waals surface area (Å²) in [5, 5.41) is 2.99. The number of benzene rings is 1. The molecule has 0 aliphatic heterocycles. The number of hydrogen-bond acceptors (Lipinski definition) is 4. The lowest BCUT2D eigenvalue weighted by atomic mass is 10.3. The first kappa shape index (κ1) is 15.2. The van der Waals surface area contributed by atoms with Gasteiger partial charge in [-0.1, -0.05) is 0 Å². The van der Waals surface area contributed by atoms with Crippen LogP contribution in [-0.4, -0.2) is 13.4 Å². The molecule has 1 heterocycles. The van der Waals surface area contributed by atoms with Crippen molar-refractivity contribution in [2.75, 3.05) is 7.05 Å². The van der Waals surface area contributed by atoms with Crippen LogP contribution in [0, 0.1) is 0 Å². The van der Waals surface area contributed by atoms with E-state index in [-0.39, 0.29) is 12.4 Å². The summed E-state index contributed by atoms with van der Waals surface area (Å²) < 4.78 is 50.5. The maximum atomic E-state index is 12.0. The zero-order valence-electron chi connectivity index (χ0n) is 11.2. The highest BCUT2D eigenvalue weighted by atomic mass is 19.4. The Morgan fingerprint density at radius 3 is 2.43 bits per heavy atom. The SMILES string of the molecule is CNCc1coc(COc2ccc(OC(F)(F)F)cc2)c1. The molecule has 0 saturated carbocycles. The van der Waals surface area contributed by atoms with Crippen molar-refractivity contribution in [2.24, 2.45) is 0 Å². The minimum atomic E-state index is -4.69. The van der Waals surface area contributed by atoms with Crippen molar-refractivity contribution >= 4 is 0 Å². The summed E-state index contributed by atoms with van der Waals surface area (Å²) in [5.74, 6) is 0.774. The van der Waals surface area contributed by atoms with E-state index >= 15 is 0 Å². The molecule has 0 aliphatic carbocycles. The van der Waals surface area contributed by atoms with E-state index in [0.29, 0.717) is 18.1 Å². The minimum absolute atomic E-state index is 0.198. The molecule has 114 valence electrons. The van der Waals surface area contributed by atoms with Crippen molar-refractivity contribution in [3.8, 4) is 11.5 Å². The van der Waals surface area contributed by atoms with Gasteiger partial charge in [-0.25, -0.2) is 0 Å². The summed E-state index contributed by atoms with van der Waals surface area (Å²) in [7, 11) is 1.83. The highest BCUT2D eigenvalue weighted by molar-refractivity contribution is 5.31. The van der Waals surface area contributed by atoms with Gasteiger partial charge in [0, 0.05) is 12.1 Å². The molecule has 0 fully saturated rings. The van der Waals surface area contributed by atoms with E-state index in [9.17, 15) is 13.2 Å². The van der Waals surface area contributed by atoms with Crippen molar-refractivity contribution in [3.63, 3.8) is 0 Å². The van der Waals surface area contributed by atoms with Crippen LogP contribution in [0.2, 0.25) is 0 Å². The molecular formula is C14H14F3NO3. The quantitative estimate of drug-likeness (QED) is 0.887. The molecule has 2 rings (SSSR count). The molecule has 4 nitrogen and oxygen atoms in total. The molecule has 1 N–H and O–H groups in total. The second kappa shape index (κ2) is 6.53. The van der Waals surface area contributed by atoms with Crippen molar-refractivity contribution < 1.29 is 27.1 Å². The molecule has 0 spiro atoms. The van der Waals surface area contributed by atoms with Crippen LogP contribution in [0.1, 0.15) is 11.3 Å². The first-order valence-electron chi connectivity index (χ1n) is 6.16. The van der Waals surface area contributed by atoms with E-state index in [2.05, 4.69) is 10.1 Å². The fourth-order valence-electron chi connectivity index (χ4n) is 1.69. The van der Waals surface area contributed by atoms with E-state index in [1.165, 1.54) is 24.3 Å². The van der Waals surface area contributed by atoms with Gasteiger partial charge in [0.2, 0.25) is 0 Å². The van der Waals surface area contributed by atoms with E-state index < -0.39 is 6.36 Å². The van der Waals surface area contributed by atoms with Crippen molar-refractivity contribution in [1.29, 1.82) is 0 Å². The Morgan fingerprint density at radius 1 is 1.14 bits per heavy atom. The van der Waals surface area contributed by atoms with Crippen LogP contribution in [0.4, 0.5) is 13.2 Å². The molecule has 21 heavy (non-hydrogen) atoms. The maximum absolute atomic E-state index is 12.0. The monoisotopic (exact) mass is 301 g/mol. The van der Waals surface area contributed by atoms with Crippen LogP contribution in [0.3, 0.4) is 0 Å². The lowest BCUT2D eigenvalue weighted by molar-refractivity contribution is -0.274. The Balaban J connectivity index is 1.88. The van der Waals surface area contributed by atoms with Crippen LogP contribution in [0.15, 0.2) is 41.0 Å². The number of rotatable bonds is 6. The van der Waals surface area contributed by atoms with Gasteiger partial charge in [0.05, 0.1) is 6.26 Å². The van der Waals surface area contributed by atoms with Crippen molar-refractivity contribution in [1.82, 2.24) is 5.32 Å². The van der Waals surface area contributed by atoms with Crippen molar-refractivity contribution in [2.45, 2.75) is 19.5 Å². The van der Waals surface area contributed by atoms with E-state index in [0.717, 1.165) is 5.56 Å². The Morgan fingerprint density at radius 2 is 1.81 bits per heavy atom. The fraction of sp³-hybridized carbons (Fsp3) is 0.286. The minimum Gasteiger partial charge on any atom is -0.486 e. The summed E-state index contributed by atoms with van der Waals surface area (Å²) in [6, 6.07) is 7.03. The van der Waals surface area contributed by atoms with Crippen LogP contribution in [-0.2, 0) is 13.2 Å². The zero-order chi connectivity index (χ0) is 15.3. The number of furan rings is 1. The van der Waals surface area contributed by atoms with Gasteiger partial charge < -0.3 is 19.2 Å².